The highest BCUT2D eigenvalue weighted by Crippen LogP contribution is 2.23. The van der Waals surface area contributed by atoms with Crippen molar-refractivity contribution >= 4 is 15.9 Å². The lowest BCUT2D eigenvalue weighted by Gasteiger charge is -2.16. The maximum Gasteiger partial charge on any atom is 0.153 e. The van der Waals surface area contributed by atoms with Crippen molar-refractivity contribution in [1.29, 1.82) is 0 Å². The standard InChI is InChI=1S/C11H13BrFN5/c1-18-10(11(12)16-17-18)9(15-14)6-7-3-2-4-8(13)5-7/h2-5,9,15H,6,14H2,1H3. The normalized spacial score (nSPS) is 12.7. The van der Waals surface area contributed by atoms with Crippen molar-refractivity contribution in [3.8, 4) is 0 Å². The zero-order chi connectivity index (χ0) is 13.1. The maximum atomic E-state index is 13.1. The Hall–Kier alpha value is -1.31. The van der Waals surface area contributed by atoms with Gasteiger partial charge < -0.3 is 0 Å². The van der Waals surface area contributed by atoms with Crippen LogP contribution in [0.4, 0.5) is 4.39 Å². The number of aromatic nitrogens is 3. The molecule has 18 heavy (non-hydrogen) atoms. The van der Waals surface area contributed by atoms with Gasteiger partial charge in [-0.1, -0.05) is 17.3 Å². The molecule has 0 fully saturated rings. The highest BCUT2D eigenvalue weighted by molar-refractivity contribution is 9.10. The quantitative estimate of drug-likeness (QED) is 0.662. The Labute approximate surface area is 112 Å². The van der Waals surface area contributed by atoms with Crippen LogP contribution in [-0.4, -0.2) is 15.0 Å². The smallest absolute Gasteiger partial charge is 0.153 e. The summed E-state index contributed by atoms with van der Waals surface area (Å²) in [5.74, 6) is 5.30. The minimum atomic E-state index is -0.259. The largest absolute Gasteiger partial charge is 0.271 e. The summed E-state index contributed by atoms with van der Waals surface area (Å²) in [5, 5.41) is 7.80. The number of rotatable bonds is 4. The molecule has 0 bridgehead atoms. The molecule has 1 unspecified atom stereocenters. The lowest BCUT2D eigenvalue weighted by atomic mass is 10.0. The van der Waals surface area contributed by atoms with Gasteiger partial charge in [-0.05, 0) is 40.0 Å². The first-order chi connectivity index (χ1) is 8.61. The number of nitrogens with one attached hydrogen (secondary N) is 1. The minimum Gasteiger partial charge on any atom is -0.271 e. The van der Waals surface area contributed by atoms with Gasteiger partial charge in [0.05, 0.1) is 11.7 Å². The molecule has 5 nitrogen and oxygen atoms in total. The molecule has 1 aromatic carbocycles. The number of halogens is 2. The average Bonchev–Trinajstić information content (AvgIpc) is 2.67. The van der Waals surface area contributed by atoms with Gasteiger partial charge in [-0.15, -0.1) is 5.10 Å². The summed E-state index contributed by atoms with van der Waals surface area (Å²) in [6.07, 6.45) is 0.550. The predicted octanol–water partition coefficient (Wildman–Crippen LogP) is 1.46. The van der Waals surface area contributed by atoms with Crippen molar-refractivity contribution in [2.45, 2.75) is 12.5 Å². The van der Waals surface area contributed by atoms with Crippen molar-refractivity contribution in [3.05, 3.63) is 45.9 Å². The zero-order valence-electron chi connectivity index (χ0n) is 9.77. The van der Waals surface area contributed by atoms with Gasteiger partial charge in [0.15, 0.2) is 4.60 Å². The molecule has 0 saturated carbocycles. The molecule has 0 saturated heterocycles. The van der Waals surface area contributed by atoms with Gasteiger partial charge in [-0.25, -0.2) is 9.07 Å². The number of nitrogens with two attached hydrogens (primary N) is 1. The lowest BCUT2D eigenvalue weighted by Crippen LogP contribution is -2.31. The fourth-order valence-corrected chi connectivity index (χ4v) is 2.45. The van der Waals surface area contributed by atoms with E-state index in [0.717, 1.165) is 11.3 Å². The maximum absolute atomic E-state index is 13.1. The Morgan fingerprint density at radius 3 is 2.89 bits per heavy atom. The Morgan fingerprint density at radius 2 is 2.33 bits per heavy atom. The topological polar surface area (TPSA) is 68.8 Å². The third-order valence-electron chi connectivity index (χ3n) is 2.69. The van der Waals surface area contributed by atoms with Gasteiger partial charge >= 0.3 is 0 Å². The van der Waals surface area contributed by atoms with Gasteiger partial charge in [-0.3, -0.25) is 11.3 Å². The summed E-state index contributed by atoms with van der Waals surface area (Å²) in [4.78, 5) is 0. The molecule has 1 aromatic heterocycles. The molecule has 0 radical (unpaired) electrons. The van der Waals surface area contributed by atoms with E-state index in [2.05, 4.69) is 31.7 Å². The van der Waals surface area contributed by atoms with Gasteiger partial charge in [0.2, 0.25) is 0 Å². The number of nitrogens with zero attached hydrogens (tertiary/aromatic N) is 3. The minimum absolute atomic E-state index is 0.193. The highest BCUT2D eigenvalue weighted by Gasteiger charge is 2.19. The van der Waals surface area contributed by atoms with Crippen molar-refractivity contribution in [1.82, 2.24) is 20.4 Å². The summed E-state index contributed by atoms with van der Waals surface area (Å²) in [6, 6.07) is 6.24. The molecule has 0 aliphatic carbocycles. The van der Waals surface area contributed by atoms with E-state index in [0.29, 0.717) is 11.0 Å². The monoisotopic (exact) mass is 313 g/mol. The van der Waals surface area contributed by atoms with Crippen LogP contribution < -0.4 is 11.3 Å². The van der Waals surface area contributed by atoms with Crippen LogP contribution in [0, 0.1) is 5.82 Å². The van der Waals surface area contributed by atoms with E-state index in [1.165, 1.54) is 12.1 Å². The Kier molecular flexibility index (Phi) is 4.05. The Bertz CT molecular complexity index is 522. The SMILES string of the molecule is Cn1nnc(Br)c1C(Cc1cccc(F)c1)NN. The summed E-state index contributed by atoms with van der Waals surface area (Å²) in [7, 11) is 1.78. The van der Waals surface area contributed by atoms with Crippen LogP contribution in [0.5, 0.6) is 0 Å². The lowest BCUT2D eigenvalue weighted by molar-refractivity contribution is 0.504. The summed E-state index contributed by atoms with van der Waals surface area (Å²) in [5.41, 5.74) is 4.37. The Balaban J connectivity index is 2.25. The number of hydrazine groups is 1. The van der Waals surface area contributed by atoms with Crippen LogP contribution >= 0.6 is 15.9 Å². The molecular formula is C11H13BrFN5. The molecule has 3 N–H and O–H groups in total. The van der Waals surface area contributed by atoms with Crippen molar-refractivity contribution in [2.75, 3.05) is 0 Å². The third kappa shape index (κ3) is 2.74. The summed E-state index contributed by atoms with van der Waals surface area (Å²) < 4.78 is 15.4. The molecule has 96 valence electrons. The predicted molar refractivity (Wildman–Crippen MR) is 68.9 cm³/mol. The molecule has 0 amide bonds. The molecule has 2 aromatic rings. The zero-order valence-corrected chi connectivity index (χ0v) is 11.4. The highest BCUT2D eigenvalue weighted by atomic mass is 79.9. The molecule has 1 heterocycles. The second-order valence-electron chi connectivity index (χ2n) is 3.94. The molecule has 0 aliphatic rings. The van der Waals surface area contributed by atoms with E-state index in [1.54, 1.807) is 17.8 Å². The van der Waals surface area contributed by atoms with Crippen molar-refractivity contribution in [2.24, 2.45) is 12.9 Å². The van der Waals surface area contributed by atoms with Crippen molar-refractivity contribution in [3.63, 3.8) is 0 Å². The first-order valence-corrected chi connectivity index (χ1v) is 6.16. The van der Waals surface area contributed by atoms with E-state index in [1.807, 2.05) is 6.07 Å². The molecule has 0 aliphatic heterocycles. The van der Waals surface area contributed by atoms with Crippen molar-refractivity contribution < 1.29 is 4.39 Å². The van der Waals surface area contributed by atoms with Gasteiger partial charge in [-0.2, -0.15) is 0 Å². The number of benzene rings is 1. The van der Waals surface area contributed by atoms with Crippen LogP contribution in [-0.2, 0) is 13.5 Å². The van der Waals surface area contributed by atoms with Gasteiger partial charge in [0.25, 0.3) is 0 Å². The number of hydrogen-bond donors (Lipinski definition) is 2. The number of aryl methyl sites for hydroxylation is 1. The molecule has 2 rings (SSSR count). The van der Waals surface area contributed by atoms with E-state index >= 15 is 0 Å². The van der Waals surface area contributed by atoms with Gasteiger partial charge in [0, 0.05) is 7.05 Å². The fourth-order valence-electron chi connectivity index (χ4n) is 1.84. The molecule has 7 heteroatoms. The second kappa shape index (κ2) is 5.55. The van der Waals surface area contributed by atoms with E-state index < -0.39 is 0 Å². The Morgan fingerprint density at radius 1 is 1.56 bits per heavy atom. The van der Waals surface area contributed by atoms with E-state index in [9.17, 15) is 4.39 Å². The van der Waals surface area contributed by atoms with Crippen LogP contribution in [0.1, 0.15) is 17.3 Å². The summed E-state index contributed by atoms with van der Waals surface area (Å²) in [6.45, 7) is 0. The summed E-state index contributed by atoms with van der Waals surface area (Å²) >= 11 is 3.32. The van der Waals surface area contributed by atoms with Crippen LogP contribution in [0.3, 0.4) is 0 Å². The first kappa shape index (κ1) is 13.1. The van der Waals surface area contributed by atoms with Crippen LogP contribution in [0.15, 0.2) is 28.9 Å². The van der Waals surface area contributed by atoms with Crippen LogP contribution in [0.2, 0.25) is 0 Å². The number of hydrogen-bond acceptors (Lipinski definition) is 4. The van der Waals surface area contributed by atoms with Gasteiger partial charge in [0.1, 0.15) is 5.82 Å². The van der Waals surface area contributed by atoms with Crippen LogP contribution in [0.25, 0.3) is 0 Å². The van der Waals surface area contributed by atoms with E-state index in [4.69, 9.17) is 5.84 Å². The molecule has 1 atom stereocenters. The molecular weight excluding hydrogens is 301 g/mol. The third-order valence-corrected chi connectivity index (χ3v) is 3.25. The fraction of sp³-hybridized carbons (Fsp3) is 0.273. The van der Waals surface area contributed by atoms with E-state index in [-0.39, 0.29) is 11.9 Å². The first-order valence-electron chi connectivity index (χ1n) is 5.37. The molecule has 0 spiro atoms. The second-order valence-corrected chi connectivity index (χ2v) is 4.69. The average molecular weight is 314 g/mol.